The maximum Gasteiger partial charge on any atom is 0.337 e. The molecule has 1 fully saturated rings. The normalized spacial score (nSPS) is 15.9. The van der Waals surface area contributed by atoms with Crippen LogP contribution in [0.4, 0.5) is 5.69 Å². The largest absolute Gasteiger partial charge is 0.465 e. The number of methoxy groups -OCH3 is 1. The molecular weight excluding hydrogens is 458 g/mol. The monoisotopic (exact) mass is 487 g/mol. The molecule has 0 radical (unpaired) electrons. The molecule has 35 heavy (non-hydrogen) atoms. The van der Waals surface area contributed by atoms with E-state index in [4.69, 9.17) is 4.74 Å². The number of aryl methyl sites for hydroxylation is 3. The summed E-state index contributed by atoms with van der Waals surface area (Å²) in [6.07, 6.45) is 2.90. The van der Waals surface area contributed by atoms with E-state index in [1.807, 2.05) is 6.08 Å². The summed E-state index contributed by atoms with van der Waals surface area (Å²) in [4.78, 5) is 31.5. The van der Waals surface area contributed by atoms with Gasteiger partial charge in [-0.25, -0.2) is 9.79 Å². The molecule has 1 aromatic heterocycles. The maximum absolute atomic E-state index is 13.0. The molecule has 0 N–H and O–H groups in total. The third-order valence-electron chi connectivity index (χ3n) is 6.20. The first kappa shape index (κ1) is 24.5. The van der Waals surface area contributed by atoms with Gasteiger partial charge in [0, 0.05) is 18.4 Å². The van der Waals surface area contributed by atoms with Crippen LogP contribution in [-0.2, 0) is 16.0 Å². The number of aromatic nitrogens is 1. The van der Waals surface area contributed by atoms with Gasteiger partial charge in [-0.15, -0.1) is 0 Å². The minimum Gasteiger partial charge on any atom is -0.465 e. The zero-order valence-corrected chi connectivity index (χ0v) is 21.7. The Hall–Kier alpha value is -3.58. The van der Waals surface area contributed by atoms with E-state index in [1.54, 1.807) is 36.2 Å². The van der Waals surface area contributed by atoms with Gasteiger partial charge < -0.3 is 9.30 Å². The third-order valence-corrected chi connectivity index (χ3v) is 7.26. The number of hydrogen-bond donors (Lipinski definition) is 0. The van der Waals surface area contributed by atoms with Crippen LogP contribution in [0.1, 0.15) is 45.4 Å². The number of aliphatic imine (C=N–C) groups is 1. The van der Waals surface area contributed by atoms with E-state index in [0.717, 1.165) is 23.4 Å². The van der Waals surface area contributed by atoms with E-state index < -0.39 is 5.97 Å². The Morgan fingerprint density at radius 1 is 1.11 bits per heavy atom. The van der Waals surface area contributed by atoms with Gasteiger partial charge in [-0.2, -0.15) is 0 Å². The Bertz CT molecular complexity index is 1370. The average Bonchev–Trinajstić information content (AvgIpc) is 3.28. The van der Waals surface area contributed by atoms with Crippen LogP contribution in [0.2, 0.25) is 0 Å². The summed E-state index contributed by atoms with van der Waals surface area (Å²) in [7, 11) is 3.07. The van der Waals surface area contributed by atoms with Gasteiger partial charge in [0.1, 0.15) is 0 Å². The van der Waals surface area contributed by atoms with Crippen molar-refractivity contribution >= 4 is 40.6 Å². The van der Waals surface area contributed by atoms with E-state index >= 15 is 0 Å². The van der Waals surface area contributed by atoms with Crippen molar-refractivity contribution in [2.75, 3.05) is 14.2 Å². The Kier molecular flexibility index (Phi) is 6.98. The summed E-state index contributed by atoms with van der Waals surface area (Å²) >= 11 is 1.35. The lowest BCUT2D eigenvalue weighted by atomic mass is 10.1. The van der Waals surface area contributed by atoms with E-state index in [9.17, 15) is 9.59 Å². The highest BCUT2D eigenvalue weighted by Crippen LogP contribution is 2.35. The second kappa shape index (κ2) is 9.96. The third kappa shape index (κ3) is 4.68. The van der Waals surface area contributed by atoms with Gasteiger partial charge in [0.25, 0.3) is 5.91 Å². The number of benzene rings is 2. The number of rotatable bonds is 5. The molecule has 2 aromatic carbocycles. The minimum atomic E-state index is -0.397. The van der Waals surface area contributed by atoms with Crippen LogP contribution in [-0.4, -0.2) is 40.7 Å². The summed E-state index contributed by atoms with van der Waals surface area (Å²) in [6.45, 7) is 8.50. The fourth-order valence-electron chi connectivity index (χ4n) is 4.30. The number of likely N-dealkylation sites (N-methyl/N-ethyl adjacent to an activating group) is 1. The summed E-state index contributed by atoms with van der Waals surface area (Å²) in [6, 6.07) is 15.3. The van der Waals surface area contributed by atoms with Gasteiger partial charge in [-0.1, -0.05) is 25.1 Å². The van der Waals surface area contributed by atoms with Crippen molar-refractivity contribution in [2.45, 2.75) is 34.1 Å². The van der Waals surface area contributed by atoms with Crippen LogP contribution in [0, 0.1) is 20.8 Å². The Morgan fingerprint density at radius 3 is 2.49 bits per heavy atom. The van der Waals surface area contributed by atoms with Gasteiger partial charge >= 0.3 is 5.97 Å². The molecule has 180 valence electrons. The second-order valence-corrected chi connectivity index (χ2v) is 9.51. The summed E-state index contributed by atoms with van der Waals surface area (Å²) in [5.41, 5.74) is 8.09. The first-order chi connectivity index (χ1) is 16.7. The predicted octanol–water partition coefficient (Wildman–Crippen LogP) is 5.99. The van der Waals surface area contributed by atoms with Gasteiger partial charge in [-0.05, 0) is 92.1 Å². The molecule has 3 aromatic rings. The molecule has 0 aliphatic carbocycles. The van der Waals surface area contributed by atoms with Gasteiger partial charge in [0.2, 0.25) is 0 Å². The highest BCUT2D eigenvalue weighted by Gasteiger charge is 2.31. The molecule has 7 heteroatoms. The van der Waals surface area contributed by atoms with Gasteiger partial charge in [-0.3, -0.25) is 9.69 Å². The minimum absolute atomic E-state index is 0.0881. The molecule has 1 amide bonds. The van der Waals surface area contributed by atoms with Gasteiger partial charge in [0.15, 0.2) is 5.17 Å². The summed E-state index contributed by atoms with van der Waals surface area (Å²) < 4.78 is 7.02. The fourth-order valence-corrected chi connectivity index (χ4v) is 5.27. The van der Waals surface area contributed by atoms with Crippen LogP contribution < -0.4 is 0 Å². The molecule has 0 saturated carbocycles. The van der Waals surface area contributed by atoms with E-state index in [-0.39, 0.29) is 5.91 Å². The number of amidine groups is 1. The van der Waals surface area contributed by atoms with Gasteiger partial charge in [0.05, 0.1) is 29.0 Å². The SMILES string of the molecule is CCc1cccc(C)c1-n1c(C)cc(/C=C2\SC(=Nc3ccc(C(=O)OC)cc3)N(C)C2=O)c1C. The molecule has 1 saturated heterocycles. The van der Waals surface area contributed by atoms with Crippen molar-refractivity contribution in [1.82, 2.24) is 9.47 Å². The molecular formula is C28H29N3O3S. The Labute approximate surface area is 210 Å². The predicted molar refractivity (Wildman–Crippen MR) is 143 cm³/mol. The van der Waals surface area contributed by atoms with Crippen LogP contribution in [0.5, 0.6) is 0 Å². The number of hydrogen-bond acceptors (Lipinski definition) is 5. The number of amides is 1. The molecule has 1 aliphatic rings. The molecule has 6 nitrogen and oxygen atoms in total. The van der Waals surface area contributed by atoms with Crippen LogP contribution in [0.15, 0.2) is 58.4 Å². The molecule has 2 heterocycles. The number of nitrogens with zero attached hydrogens (tertiary/aromatic N) is 3. The Balaban J connectivity index is 1.67. The lowest BCUT2D eigenvalue weighted by Crippen LogP contribution is -2.23. The first-order valence-electron chi connectivity index (χ1n) is 11.5. The highest BCUT2D eigenvalue weighted by molar-refractivity contribution is 8.18. The Morgan fingerprint density at radius 2 is 1.83 bits per heavy atom. The maximum atomic E-state index is 13.0. The van der Waals surface area contributed by atoms with Crippen LogP contribution in [0.25, 0.3) is 11.8 Å². The van der Waals surface area contributed by atoms with E-state index in [0.29, 0.717) is 21.3 Å². The number of carbonyl (C=O) groups is 2. The number of esters is 1. The molecule has 0 unspecified atom stereocenters. The van der Waals surface area contributed by atoms with E-state index in [2.05, 4.69) is 61.5 Å². The van der Waals surface area contributed by atoms with Crippen LogP contribution in [0.3, 0.4) is 0 Å². The van der Waals surface area contributed by atoms with E-state index in [1.165, 1.54) is 35.7 Å². The zero-order valence-electron chi connectivity index (χ0n) is 20.9. The smallest absolute Gasteiger partial charge is 0.337 e. The highest BCUT2D eigenvalue weighted by atomic mass is 32.2. The molecule has 0 bridgehead atoms. The lowest BCUT2D eigenvalue weighted by molar-refractivity contribution is -0.121. The second-order valence-electron chi connectivity index (χ2n) is 8.51. The molecule has 0 atom stereocenters. The van der Waals surface area contributed by atoms with Crippen molar-refractivity contribution in [1.29, 1.82) is 0 Å². The van der Waals surface area contributed by atoms with Crippen LogP contribution >= 0.6 is 11.8 Å². The molecule has 4 rings (SSSR count). The lowest BCUT2D eigenvalue weighted by Gasteiger charge is -2.17. The number of ether oxygens (including phenoxy) is 1. The summed E-state index contributed by atoms with van der Waals surface area (Å²) in [5.74, 6) is -0.485. The summed E-state index contributed by atoms with van der Waals surface area (Å²) in [5, 5.41) is 0.591. The first-order valence-corrected chi connectivity index (χ1v) is 12.3. The quantitative estimate of drug-likeness (QED) is 0.328. The van der Waals surface area contributed by atoms with Crippen molar-refractivity contribution in [3.05, 3.63) is 87.1 Å². The average molecular weight is 488 g/mol. The number of para-hydroxylation sites is 1. The fraction of sp³-hybridized carbons (Fsp3) is 0.250. The van der Waals surface area contributed by atoms with Crippen molar-refractivity contribution in [3.8, 4) is 5.69 Å². The standard InChI is InChI=1S/C28H29N3O3S/c1-7-20-10-8-9-17(2)25(20)31-18(3)15-22(19(31)4)16-24-26(32)30(5)28(35-24)29-23-13-11-21(12-14-23)27(33)34-6/h8-16H,7H2,1-6H3/b24-16-,29-28?. The van der Waals surface area contributed by atoms with Crippen molar-refractivity contribution < 1.29 is 14.3 Å². The topological polar surface area (TPSA) is 63.9 Å². The molecule has 0 spiro atoms. The molecule has 1 aliphatic heterocycles. The van der Waals surface area contributed by atoms with Crippen molar-refractivity contribution in [2.24, 2.45) is 4.99 Å². The zero-order chi connectivity index (χ0) is 25.3. The number of carbonyl (C=O) groups excluding carboxylic acids is 2. The number of thioether (sulfide) groups is 1. The van der Waals surface area contributed by atoms with Crippen molar-refractivity contribution in [3.63, 3.8) is 0 Å².